The molecule has 0 aliphatic rings. The molecule has 1 N–H and O–H groups in total. The molecule has 2 aromatic heterocycles. The van der Waals surface area contributed by atoms with E-state index in [0.717, 1.165) is 16.8 Å². The second-order valence-electron chi connectivity index (χ2n) is 3.83. The molecular formula is C13H14N2O. The molecule has 0 aliphatic carbocycles. The first-order valence-electron chi connectivity index (χ1n) is 5.25. The van der Waals surface area contributed by atoms with Gasteiger partial charge in [0, 0.05) is 30.7 Å². The Bertz CT molecular complexity index is 439. The van der Waals surface area contributed by atoms with Crippen molar-refractivity contribution in [3.05, 3.63) is 59.7 Å². The zero-order chi connectivity index (χ0) is 11.4. The number of aliphatic hydroxyl groups is 1. The minimum absolute atomic E-state index is 0.516. The van der Waals surface area contributed by atoms with Crippen LogP contribution in [0.2, 0.25) is 0 Å². The smallest absolute Gasteiger partial charge is 0.0846 e. The fraction of sp³-hybridized carbons (Fsp3) is 0.231. The van der Waals surface area contributed by atoms with Crippen LogP contribution in [-0.2, 0) is 6.42 Å². The predicted octanol–water partition coefficient (Wildman–Crippen LogP) is 2.06. The molecule has 2 rings (SSSR count). The summed E-state index contributed by atoms with van der Waals surface area (Å²) in [4.78, 5) is 8.19. The van der Waals surface area contributed by atoms with Gasteiger partial charge in [0.15, 0.2) is 0 Å². The van der Waals surface area contributed by atoms with Gasteiger partial charge in [-0.25, -0.2) is 0 Å². The molecule has 82 valence electrons. The molecule has 16 heavy (non-hydrogen) atoms. The molecule has 0 radical (unpaired) electrons. The first-order chi connectivity index (χ1) is 7.75. The zero-order valence-corrected chi connectivity index (χ0v) is 9.17. The summed E-state index contributed by atoms with van der Waals surface area (Å²) in [7, 11) is 0. The highest BCUT2D eigenvalue weighted by atomic mass is 16.3. The Hall–Kier alpha value is -1.74. The van der Waals surface area contributed by atoms with Gasteiger partial charge in [0.05, 0.1) is 6.10 Å². The van der Waals surface area contributed by atoms with Gasteiger partial charge in [0.2, 0.25) is 0 Å². The molecule has 3 nitrogen and oxygen atoms in total. The summed E-state index contributed by atoms with van der Waals surface area (Å²) in [6, 6.07) is 7.58. The second-order valence-corrected chi connectivity index (χ2v) is 3.83. The van der Waals surface area contributed by atoms with E-state index in [2.05, 4.69) is 9.97 Å². The SMILES string of the molecule is Cc1ccc(CC(O)c2ccncc2)nc1. The Morgan fingerprint density at radius 2 is 1.94 bits per heavy atom. The molecule has 1 unspecified atom stereocenters. The average molecular weight is 214 g/mol. The number of rotatable bonds is 3. The molecule has 0 saturated heterocycles. The Labute approximate surface area is 94.8 Å². The summed E-state index contributed by atoms with van der Waals surface area (Å²) in [5.74, 6) is 0. The number of hydrogen-bond acceptors (Lipinski definition) is 3. The van der Waals surface area contributed by atoms with Crippen LogP contribution in [0.25, 0.3) is 0 Å². The summed E-state index contributed by atoms with van der Waals surface area (Å²) in [6.45, 7) is 2.00. The number of pyridine rings is 2. The van der Waals surface area contributed by atoms with Crippen LogP contribution in [0.5, 0.6) is 0 Å². The van der Waals surface area contributed by atoms with Gasteiger partial charge in [-0.2, -0.15) is 0 Å². The Morgan fingerprint density at radius 1 is 1.19 bits per heavy atom. The third-order valence-electron chi connectivity index (χ3n) is 2.47. The zero-order valence-electron chi connectivity index (χ0n) is 9.17. The fourth-order valence-electron chi connectivity index (χ4n) is 1.52. The number of aromatic nitrogens is 2. The molecule has 1 atom stereocenters. The van der Waals surface area contributed by atoms with Crippen molar-refractivity contribution in [2.75, 3.05) is 0 Å². The van der Waals surface area contributed by atoms with Crippen molar-refractivity contribution in [1.29, 1.82) is 0 Å². The van der Waals surface area contributed by atoms with Crippen LogP contribution in [0, 0.1) is 6.92 Å². The molecule has 0 spiro atoms. The van der Waals surface area contributed by atoms with Crippen molar-refractivity contribution in [1.82, 2.24) is 9.97 Å². The number of aliphatic hydroxyl groups excluding tert-OH is 1. The van der Waals surface area contributed by atoms with E-state index in [9.17, 15) is 5.11 Å². The van der Waals surface area contributed by atoms with Crippen LogP contribution in [0.15, 0.2) is 42.9 Å². The third kappa shape index (κ3) is 2.64. The summed E-state index contributed by atoms with van der Waals surface area (Å²) >= 11 is 0. The van der Waals surface area contributed by atoms with E-state index in [1.807, 2.05) is 37.4 Å². The van der Waals surface area contributed by atoms with Gasteiger partial charge in [-0.3, -0.25) is 9.97 Å². The van der Waals surface area contributed by atoms with Crippen molar-refractivity contribution in [2.45, 2.75) is 19.4 Å². The first kappa shape index (κ1) is 10.8. The Kier molecular flexibility index (Phi) is 3.27. The minimum Gasteiger partial charge on any atom is -0.388 e. The van der Waals surface area contributed by atoms with Crippen molar-refractivity contribution < 1.29 is 5.11 Å². The van der Waals surface area contributed by atoms with Crippen molar-refractivity contribution >= 4 is 0 Å². The molecular weight excluding hydrogens is 200 g/mol. The highest BCUT2D eigenvalue weighted by Crippen LogP contribution is 2.16. The van der Waals surface area contributed by atoms with Gasteiger partial charge in [-0.1, -0.05) is 6.07 Å². The first-order valence-corrected chi connectivity index (χ1v) is 5.25. The van der Waals surface area contributed by atoms with Crippen molar-refractivity contribution in [2.24, 2.45) is 0 Å². The summed E-state index contributed by atoms with van der Waals surface area (Å²) in [5, 5.41) is 9.98. The Morgan fingerprint density at radius 3 is 2.56 bits per heavy atom. The lowest BCUT2D eigenvalue weighted by atomic mass is 10.1. The van der Waals surface area contributed by atoms with Crippen LogP contribution >= 0.6 is 0 Å². The summed E-state index contributed by atoms with van der Waals surface area (Å²) < 4.78 is 0. The van der Waals surface area contributed by atoms with Crippen LogP contribution < -0.4 is 0 Å². The largest absolute Gasteiger partial charge is 0.388 e. The van der Waals surface area contributed by atoms with Crippen molar-refractivity contribution in [3.8, 4) is 0 Å². The molecule has 0 amide bonds. The van der Waals surface area contributed by atoms with Gasteiger partial charge < -0.3 is 5.11 Å². The van der Waals surface area contributed by atoms with E-state index in [4.69, 9.17) is 0 Å². The lowest BCUT2D eigenvalue weighted by Gasteiger charge is -2.09. The van der Waals surface area contributed by atoms with Crippen LogP contribution in [0.4, 0.5) is 0 Å². The molecule has 0 bridgehead atoms. The summed E-state index contributed by atoms with van der Waals surface area (Å²) in [5.41, 5.74) is 2.90. The highest BCUT2D eigenvalue weighted by molar-refractivity contribution is 5.18. The molecule has 3 heteroatoms. The normalized spacial score (nSPS) is 12.4. The maximum atomic E-state index is 9.98. The van der Waals surface area contributed by atoms with Crippen LogP contribution in [-0.4, -0.2) is 15.1 Å². The van der Waals surface area contributed by atoms with Crippen molar-refractivity contribution in [3.63, 3.8) is 0 Å². The van der Waals surface area contributed by atoms with E-state index >= 15 is 0 Å². The van der Waals surface area contributed by atoms with Gasteiger partial charge in [0.25, 0.3) is 0 Å². The third-order valence-corrected chi connectivity index (χ3v) is 2.47. The van der Waals surface area contributed by atoms with Gasteiger partial charge in [-0.15, -0.1) is 0 Å². The minimum atomic E-state index is -0.516. The molecule has 0 fully saturated rings. The molecule has 0 saturated carbocycles. The number of aryl methyl sites for hydroxylation is 1. The lowest BCUT2D eigenvalue weighted by molar-refractivity contribution is 0.177. The monoisotopic (exact) mass is 214 g/mol. The van der Waals surface area contributed by atoms with Gasteiger partial charge in [-0.05, 0) is 36.2 Å². The van der Waals surface area contributed by atoms with E-state index in [-0.39, 0.29) is 0 Å². The fourth-order valence-corrected chi connectivity index (χ4v) is 1.52. The maximum absolute atomic E-state index is 9.98. The average Bonchev–Trinajstić information content (AvgIpc) is 2.33. The quantitative estimate of drug-likeness (QED) is 0.850. The van der Waals surface area contributed by atoms with E-state index < -0.39 is 6.10 Å². The highest BCUT2D eigenvalue weighted by Gasteiger charge is 2.08. The predicted molar refractivity (Wildman–Crippen MR) is 61.9 cm³/mol. The van der Waals surface area contributed by atoms with Crippen LogP contribution in [0.1, 0.15) is 22.9 Å². The number of hydrogen-bond donors (Lipinski definition) is 1. The van der Waals surface area contributed by atoms with Gasteiger partial charge in [0.1, 0.15) is 0 Å². The molecule has 2 heterocycles. The van der Waals surface area contributed by atoms with E-state index in [1.165, 1.54) is 0 Å². The standard InChI is InChI=1S/C13H14N2O/c1-10-2-3-12(15-9-10)8-13(16)11-4-6-14-7-5-11/h2-7,9,13,16H,8H2,1H3. The molecule has 0 aliphatic heterocycles. The maximum Gasteiger partial charge on any atom is 0.0846 e. The van der Waals surface area contributed by atoms with E-state index in [0.29, 0.717) is 6.42 Å². The molecule has 0 aromatic carbocycles. The molecule has 2 aromatic rings. The summed E-state index contributed by atoms with van der Waals surface area (Å²) in [6.07, 6.45) is 5.19. The number of nitrogens with zero attached hydrogens (tertiary/aromatic N) is 2. The van der Waals surface area contributed by atoms with Crippen LogP contribution in [0.3, 0.4) is 0 Å². The lowest BCUT2D eigenvalue weighted by Crippen LogP contribution is -2.03. The van der Waals surface area contributed by atoms with Gasteiger partial charge >= 0.3 is 0 Å². The second kappa shape index (κ2) is 4.86. The Balaban J connectivity index is 2.08. The topological polar surface area (TPSA) is 46.0 Å². The van der Waals surface area contributed by atoms with E-state index in [1.54, 1.807) is 12.4 Å².